The lowest BCUT2D eigenvalue weighted by Gasteiger charge is -2.39. The van der Waals surface area contributed by atoms with Gasteiger partial charge in [0.15, 0.2) is 17.8 Å². The van der Waals surface area contributed by atoms with Crippen molar-refractivity contribution < 1.29 is 33.6 Å². The molecular weight excluding hydrogens is 660 g/mol. The number of unbranched alkanes of at least 4 members (excludes halogenated alkanes) is 1. The average Bonchev–Trinajstić information content (AvgIpc) is 3.17. The van der Waals surface area contributed by atoms with Gasteiger partial charge in [-0.3, -0.25) is 14.5 Å². The molecule has 2 heterocycles. The Balaban J connectivity index is 1.05. The second-order valence-electron chi connectivity index (χ2n) is 13.3. The minimum atomic E-state index is -0.607. The normalized spacial score (nSPS) is 18.6. The lowest BCUT2D eigenvalue weighted by Crippen LogP contribution is -2.41. The Bertz CT molecular complexity index is 1820. The summed E-state index contributed by atoms with van der Waals surface area (Å²) in [6.07, 6.45) is 2.44. The number of carbonyl (C=O) groups is 2. The van der Waals surface area contributed by atoms with E-state index in [1.807, 2.05) is 60.7 Å². The van der Waals surface area contributed by atoms with Crippen LogP contribution in [-0.4, -0.2) is 55.2 Å². The second-order valence-corrected chi connectivity index (χ2v) is 13.3. The number of amides is 2. The predicted octanol–water partition coefficient (Wildman–Crippen LogP) is 6.52. The van der Waals surface area contributed by atoms with Crippen LogP contribution in [0.2, 0.25) is 0 Å². The molecule has 2 amide bonds. The number of ether oxygens (including phenoxy) is 4. The summed E-state index contributed by atoms with van der Waals surface area (Å²) in [5, 5.41) is 15.3. The molecule has 2 aliphatic heterocycles. The van der Waals surface area contributed by atoms with Gasteiger partial charge in [-0.1, -0.05) is 48.5 Å². The maximum Gasteiger partial charge on any atom is 0.224 e. The Morgan fingerprint density at radius 3 is 2.17 bits per heavy atom. The Labute approximate surface area is 305 Å². The minimum Gasteiger partial charge on any atom is -0.493 e. The number of para-hydroxylation sites is 2. The first-order valence-electron chi connectivity index (χ1n) is 17.8. The maximum absolute atomic E-state index is 12.7. The lowest BCUT2D eigenvalue weighted by molar-refractivity contribution is -0.253. The first-order chi connectivity index (χ1) is 25.3. The quantitative estimate of drug-likeness (QED) is 0.0850. The van der Waals surface area contributed by atoms with Crippen LogP contribution in [0.1, 0.15) is 72.3 Å². The maximum atomic E-state index is 12.7. The number of methoxy groups -OCH3 is 2. The van der Waals surface area contributed by atoms with Gasteiger partial charge in [0.1, 0.15) is 0 Å². The van der Waals surface area contributed by atoms with Crippen molar-refractivity contribution in [1.82, 2.24) is 4.90 Å². The van der Waals surface area contributed by atoms with Crippen molar-refractivity contribution in [2.24, 2.45) is 0 Å². The van der Waals surface area contributed by atoms with E-state index in [1.165, 1.54) is 11.1 Å². The topological polar surface area (TPSA) is 145 Å². The molecule has 0 aromatic heterocycles. The summed E-state index contributed by atoms with van der Waals surface area (Å²) in [5.74, 6) is 1.23. The highest BCUT2D eigenvalue weighted by atomic mass is 16.7. The van der Waals surface area contributed by atoms with Crippen molar-refractivity contribution in [1.29, 1.82) is 0 Å². The number of nitrogen functional groups attached to an aromatic ring is 1. The summed E-state index contributed by atoms with van der Waals surface area (Å²) in [7, 11) is 3.32. The molecule has 2 aliphatic rings. The molecule has 0 aliphatic carbocycles. The summed E-state index contributed by atoms with van der Waals surface area (Å²) in [6.45, 7) is 2.39. The van der Waals surface area contributed by atoms with Gasteiger partial charge < -0.3 is 40.4 Å². The van der Waals surface area contributed by atoms with Gasteiger partial charge in [0.05, 0.1) is 44.4 Å². The van der Waals surface area contributed by atoms with E-state index < -0.39 is 6.29 Å². The third-order valence-electron chi connectivity index (χ3n) is 9.63. The van der Waals surface area contributed by atoms with Crippen LogP contribution in [0.5, 0.6) is 11.5 Å². The van der Waals surface area contributed by atoms with E-state index in [1.54, 1.807) is 26.4 Å². The largest absolute Gasteiger partial charge is 0.493 e. The monoisotopic (exact) mass is 708 g/mol. The number of aliphatic hydroxyl groups excluding tert-OH is 1. The van der Waals surface area contributed by atoms with Gasteiger partial charge >= 0.3 is 0 Å². The zero-order valence-corrected chi connectivity index (χ0v) is 29.8. The summed E-state index contributed by atoms with van der Waals surface area (Å²) in [5.41, 5.74) is 12.9. The summed E-state index contributed by atoms with van der Waals surface area (Å²) >= 11 is 0. The van der Waals surface area contributed by atoms with Crippen molar-refractivity contribution in [3.05, 3.63) is 113 Å². The average molecular weight is 709 g/mol. The van der Waals surface area contributed by atoms with E-state index in [0.717, 1.165) is 54.2 Å². The highest BCUT2D eigenvalue weighted by Gasteiger charge is 2.34. The number of rotatable bonds is 14. The minimum absolute atomic E-state index is 0.0159. The molecule has 5 N–H and O–H groups in total. The Morgan fingerprint density at radius 1 is 0.846 bits per heavy atom. The van der Waals surface area contributed by atoms with Gasteiger partial charge in [-0.15, -0.1) is 0 Å². The SMILES string of the molecule is COc1cc2c(cc1OC)CN(C[C@H]1C[C@@H](c3ccc(CO)cc3)O[C@@H](c3ccc(NC(=O)CCCCC(=O)Nc4ccccc4N)cc3)O1)CC2. The molecule has 274 valence electrons. The zero-order valence-electron chi connectivity index (χ0n) is 29.8. The molecule has 0 saturated carbocycles. The summed E-state index contributed by atoms with van der Waals surface area (Å²) < 4.78 is 24.3. The van der Waals surface area contributed by atoms with Crippen LogP contribution in [0.25, 0.3) is 0 Å². The zero-order chi connectivity index (χ0) is 36.5. The molecule has 1 saturated heterocycles. The standard InChI is InChI=1S/C41H48N4O7/c1-49-37-21-30-19-20-45(24-31(30)22-38(37)50-2)25-33-23-36(28-13-11-27(26-46)12-14-28)52-41(51-33)29-15-17-32(18-16-29)43-39(47)9-5-6-10-40(48)44-35-8-4-3-7-34(35)42/h3-4,7-8,11-18,21-22,33,36,41,46H,5-6,9-10,19-20,23-26,42H2,1-2H3,(H,43,47)(H,44,48)/t33-,36+,41+/m1/s1. The number of anilines is 3. The van der Waals surface area contributed by atoms with E-state index in [0.29, 0.717) is 49.2 Å². The van der Waals surface area contributed by atoms with Crippen LogP contribution in [0.4, 0.5) is 17.1 Å². The molecule has 11 nitrogen and oxygen atoms in total. The molecular formula is C41H48N4O7. The first-order valence-corrected chi connectivity index (χ1v) is 17.8. The number of hydrogen-bond donors (Lipinski definition) is 4. The number of hydrogen-bond acceptors (Lipinski definition) is 9. The van der Waals surface area contributed by atoms with Crippen LogP contribution >= 0.6 is 0 Å². The van der Waals surface area contributed by atoms with E-state index in [4.69, 9.17) is 24.7 Å². The van der Waals surface area contributed by atoms with Crippen molar-refractivity contribution in [3.8, 4) is 11.5 Å². The van der Waals surface area contributed by atoms with Gasteiger partial charge in [-0.2, -0.15) is 0 Å². The molecule has 0 unspecified atom stereocenters. The number of benzene rings is 4. The number of nitrogens with two attached hydrogens (primary N) is 1. The number of nitrogens with zero attached hydrogens (tertiary/aromatic N) is 1. The molecule has 4 aromatic carbocycles. The van der Waals surface area contributed by atoms with Crippen LogP contribution in [0, 0.1) is 0 Å². The summed E-state index contributed by atoms with van der Waals surface area (Å²) in [6, 6.07) is 26.7. The third-order valence-corrected chi connectivity index (χ3v) is 9.63. The molecule has 1 fully saturated rings. The van der Waals surface area contributed by atoms with E-state index in [9.17, 15) is 14.7 Å². The van der Waals surface area contributed by atoms with Crippen LogP contribution in [0.15, 0.2) is 84.9 Å². The van der Waals surface area contributed by atoms with Crippen molar-refractivity contribution >= 4 is 28.9 Å². The first kappa shape index (κ1) is 36.8. The van der Waals surface area contributed by atoms with Gasteiger partial charge in [0.25, 0.3) is 0 Å². The molecule has 0 bridgehead atoms. The van der Waals surface area contributed by atoms with Gasteiger partial charge in [-0.25, -0.2) is 0 Å². The van der Waals surface area contributed by atoms with Crippen molar-refractivity contribution in [3.63, 3.8) is 0 Å². The Morgan fingerprint density at radius 2 is 1.50 bits per heavy atom. The fraction of sp³-hybridized carbons (Fsp3) is 0.366. The fourth-order valence-corrected chi connectivity index (χ4v) is 6.76. The van der Waals surface area contributed by atoms with E-state index in [-0.39, 0.29) is 30.6 Å². The van der Waals surface area contributed by atoms with Crippen LogP contribution < -0.4 is 25.8 Å². The van der Waals surface area contributed by atoms with E-state index in [2.05, 4.69) is 27.7 Å². The van der Waals surface area contributed by atoms with Crippen LogP contribution in [0.3, 0.4) is 0 Å². The lowest BCUT2D eigenvalue weighted by atomic mass is 9.97. The van der Waals surface area contributed by atoms with E-state index >= 15 is 0 Å². The smallest absolute Gasteiger partial charge is 0.224 e. The van der Waals surface area contributed by atoms with Crippen molar-refractivity contribution in [2.75, 3.05) is 43.7 Å². The molecule has 3 atom stereocenters. The highest BCUT2D eigenvalue weighted by Crippen LogP contribution is 2.39. The molecule has 6 rings (SSSR count). The van der Waals surface area contributed by atoms with Gasteiger partial charge in [0.2, 0.25) is 11.8 Å². The Hall–Kier alpha value is -4.94. The van der Waals surface area contributed by atoms with Crippen LogP contribution in [-0.2, 0) is 38.6 Å². The van der Waals surface area contributed by atoms with Gasteiger partial charge in [0, 0.05) is 50.1 Å². The number of nitrogens with one attached hydrogen (secondary N) is 2. The molecule has 11 heteroatoms. The molecule has 0 spiro atoms. The third kappa shape index (κ3) is 9.48. The number of fused-ring (bicyclic) bond motifs is 1. The highest BCUT2D eigenvalue weighted by molar-refractivity contribution is 5.94. The molecule has 52 heavy (non-hydrogen) atoms. The predicted molar refractivity (Wildman–Crippen MR) is 200 cm³/mol. The molecule has 0 radical (unpaired) electrons. The molecule has 4 aromatic rings. The summed E-state index contributed by atoms with van der Waals surface area (Å²) in [4.78, 5) is 27.4. The van der Waals surface area contributed by atoms with Gasteiger partial charge in [-0.05, 0) is 77.9 Å². The number of carbonyl (C=O) groups excluding carboxylic acids is 2. The second kappa shape index (κ2) is 17.5. The van der Waals surface area contributed by atoms with Crippen molar-refractivity contribution in [2.45, 2.75) is 70.2 Å². The fourth-order valence-electron chi connectivity index (χ4n) is 6.76. The Kier molecular flexibility index (Phi) is 12.4. The number of aliphatic hydroxyl groups is 1.